The van der Waals surface area contributed by atoms with Gasteiger partial charge in [0.1, 0.15) is 11.8 Å². The minimum Gasteiger partial charge on any atom is -0.505 e. The quantitative estimate of drug-likeness (QED) is 0.812. The second-order valence-corrected chi connectivity index (χ2v) is 4.38. The summed E-state index contributed by atoms with van der Waals surface area (Å²) in [6.07, 6.45) is 3.16. The third-order valence-electron chi connectivity index (χ3n) is 2.78. The molecule has 8 nitrogen and oxygen atoms in total. The van der Waals surface area contributed by atoms with E-state index in [4.69, 9.17) is 9.26 Å². The fourth-order valence-electron chi connectivity index (χ4n) is 1.65. The smallest absolute Gasteiger partial charge is 0.255 e. The number of nitrogens with one attached hydrogen (secondary N) is 1. The van der Waals surface area contributed by atoms with Gasteiger partial charge in [-0.15, -0.1) is 0 Å². The van der Waals surface area contributed by atoms with Crippen LogP contribution in [0.1, 0.15) is 35.0 Å². The van der Waals surface area contributed by atoms with Crippen LogP contribution in [0.3, 0.4) is 0 Å². The molecule has 8 heteroatoms. The van der Waals surface area contributed by atoms with Crippen LogP contribution in [-0.4, -0.2) is 39.9 Å². The Hall–Kier alpha value is -2.48. The number of ether oxygens (including phenoxy) is 1. The zero-order valence-corrected chi connectivity index (χ0v) is 11.7. The molecular weight excluding hydrogens is 276 g/mol. The monoisotopic (exact) mass is 292 g/mol. The summed E-state index contributed by atoms with van der Waals surface area (Å²) in [6.45, 7) is 2.20. The molecule has 2 aromatic heterocycles. The molecule has 21 heavy (non-hydrogen) atoms. The number of hydrogen-bond donors (Lipinski definition) is 2. The van der Waals surface area contributed by atoms with Crippen LogP contribution in [0.4, 0.5) is 0 Å². The second-order valence-electron chi connectivity index (χ2n) is 4.38. The number of carbonyl (C=O) groups is 1. The van der Waals surface area contributed by atoms with Gasteiger partial charge in [-0.2, -0.15) is 4.98 Å². The van der Waals surface area contributed by atoms with Gasteiger partial charge in [-0.05, 0) is 13.0 Å². The maximum absolute atomic E-state index is 12.0. The normalized spacial score (nSPS) is 12.1. The van der Waals surface area contributed by atoms with E-state index in [0.717, 1.165) is 0 Å². The van der Waals surface area contributed by atoms with E-state index in [-0.39, 0.29) is 11.3 Å². The molecule has 1 unspecified atom stereocenters. The van der Waals surface area contributed by atoms with Gasteiger partial charge in [0.15, 0.2) is 5.82 Å². The van der Waals surface area contributed by atoms with E-state index in [1.54, 1.807) is 14.0 Å². The Balaban J connectivity index is 2.01. The molecule has 0 aliphatic rings. The molecule has 0 fully saturated rings. The molecule has 1 atom stereocenters. The van der Waals surface area contributed by atoms with E-state index in [0.29, 0.717) is 24.7 Å². The molecule has 2 heterocycles. The maximum Gasteiger partial charge on any atom is 0.255 e. The van der Waals surface area contributed by atoms with Crippen molar-refractivity contribution < 1.29 is 19.2 Å². The van der Waals surface area contributed by atoms with E-state index >= 15 is 0 Å². The third kappa shape index (κ3) is 3.76. The first-order valence-electron chi connectivity index (χ1n) is 6.37. The first-order valence-corrected chi connectivity index (χ1v) is 6.37. The Bertz CT molecular complexity index is 614. The summed E-state index contributed by atoms with van der Waals surface area (Å²) in [5, 5.41) is 16.0. The molecule has 112 valence electrons. The lowest BCUT2D eigenvalue weighted by molar-refractivity contribution is 0.0929. The number of aromatic hydroxyl groups is 1. The highest BCUT2D eigenvalue weighted by molar-refractivity contribution is 5.96. The number of pyridine rings is 1. The minimum atomic E-state index is -0.478. The van der Waals surface area contributed by atoms with Crippen molar-refractivity contribution in [3.8, 4) is 5.75 Å². The number of methoxy groups -OCH3 is 1. The number of nitrogens with zero attached hydrogens (tertiary/aromatic N) is 3. The van der Waals surface area contributed by atoms with Gasteiger partial charge in [-0.3, -0.25) is 9.78 Å². The van der Waals surface area contributed by atoms with Crippen molar-refractivity contribution in [3.05, 3.63) is 35.7 Å². The SMILES string of the molecule is COCCc1noc(C(C)NC(=O)c2ccncc2O)n1. The van der Waals surface area contributed by atoms with Crippen molar-refractivity contribution in [2.75, 3.05) is 13.7 Å². The fraction of sp³-hybridized carbons (Fsp3) is 0.385. The lowest BCUT2D eigenvalue weighted by Gasteiger charge is -2.10. The van der Waals surface area contributed by atoms with Crippen molar-refractivity contribution in [1.82, 2.24) is 20.4 Å². The molecule has 0 saturated carbocycles. The molecular formula is C13H16N4O4. The molecule has 1 amide bonds. The Labute approximate surface area is 121 Å². The predicted octanol–water partition coefficient (Wildman–Crippen LogP) is 0.850. The van der Waals surface area contributed by atoms with Gasteiger partial charge in [-0.25, -0.2) is 0 Å². The number of amides is 1. The van der Waals surface area contributed by atoms with Gasteiger partial charge in [0.25, 0.3) is 5.91 Å². The van der Waals surface area contributed by atoms with E-state index < -0.39 is 11.9 Å². The number of carbonyl (C=O) groups excluding carboxylic acids is 1. The zero-order chi connectivity index (χ0) is 15.2. The molecule has 0 spiro atoms. The third-order valence-corrected chi connectivity index (χ3v) is 2.78. The minimum absolute atomic E-state index is 0.135. The molecule has 0 aliphatic carbocycles. The molecule has 2 aromatic rings. The van der Waals surface area contributed by atoms with Crippen LogP contribution in [0.25, 0.3) is 0 Å². The summed E-state index contributed by atoms with van der Waals surface area (Å²) in [5.41, 5.74) is 0.135. The van der Waals surface area contributed by atoms with E-state index in [1.807, 2.05) is 0 Å². The van der Waals surface area contributed by atoms with Gasteiger partial charge < -0.3 is 19.7 Å². The Kier molecular flexibility index (Phi) is 4.83. The second kappa shape index (κ2) is 6.80. The average molecular weight is 292 g/mol. The summed E-state index contributed by atoms with van der Waals surface area (Å²) in [6, 6.07) is 0.948. The maximum atomic E-state index is 12.0. The standard InChI is InChI=1S/C13H16N4O4/c1-8(13-16-11(17-21-13)4-6-20-2)15-12(19)9-3-5-14-7-10(9)18/h3,5,7-8,18H,4,6H2,1-2H3,(H,15,19). The van der Waals surface area contributed by atoms with Gasteiger partial charge in [-0.1, -0.05) is 5.16 Å². The molecule has 0 aromatic carbocycles. The van der Waals surface area contributed by atoms with Crippen molar-refractivity contribution >= 4 is 5.91 Å². The number of hydrogen-bond acceptors (Lipinski definition) is 7. The summed E-state index contributed by atoms with van der Waals surface area (Å²) < 4.78 is 10.0. The van der Waals surface area contributed by atoms with Gasteiger partial charge in [0.05, 0.1) is 18.4 Å². The van der Waals surface area contributed by atoms with Crippen LogP contribution in [0.2, 0.25) is 0 Å². The topological polar surface area (TPSA) is 110 Å². The summed E-state index contributed by atoms with van der Waals surface area (Å²) in [5.74, 6) is 0.176. The molecule has 0 bridgehead atoms. The molecule has 2 rings (SSSR count). The molecule has 0 radical (unpaired) electrons. The number of aromatic nitrogens is 3. The van der Waals surface area contributed by atoms with Crippen molar-refractivity contribution in [2.24, 2.45) is 0 Å². The van der Waals surface area contributed by atoms with Crippen LogP contribution in [-0.2, 0) is 11.2 Å². The van der Waals surface area contributed by atoms with Crippen LogP contribution in [0.15, 0.2) is 23.0 Å². The van der Waals surface area contributed by atoms with Crippen LogP contribution in [0, 0.1) is 0 Å². The molecule has 0 saturated heterocycles. The van der Waals surface area contributed by atoms with Crippen LogP contribution >= 0.6 is 0 Å². The highest BCUT2D eigenvalue weighted by Crippen LogP contribution is 2.16. The average Bonchev–Trinajstić information content (AvgIpc) is 2.94. The van der Waals surface area contributed by atoms with E-state index in [2.05, 4.69) is 20.4 Å². The lowest BCUT2D eigenvalue weighted by atomic mass is 10.2. The largest absolute Gasteiger partial charge is 0.505 e. The Morgan fingerprint density at radius 2 is 2.38 bits per heavy atom. The molecule has 2 N–H and O–H groups in total. The van der Waals surface area contributed by atoms with E-state index in [1.165, 1.54) is 18.5 Å². The highest BCUT2D eigenvalue weighted by Gasteiger charge is 2.19. The fourth-order valence-corrected chi connectivity index (χ4v) is 1.65. The summed E-state index contributed by atoms with van der Waals surface area (Å²) in [7, 11) is 1.59. The van der Waals surface area contributed by atoms with Crippen molar-refractivity contribution in [3.63, 3.8) is 0 Å². The Morgan fingerprint density at radius 1 is 1.57 bits per heavy atom. The summed E-state index contributed by atoms with van der Waals surface area (Å²) >= 11 is 0. The van der Waals surface area contributed by atoms with Gasteiger partial charge >= 0.3 is 0 Å². The van der Waals surface area contributed by atoms with Crippen molar-refractivity contribution in [1.29, 1.82) is 0 Å². The Morgan fingerprint density at radius 3 is 3.10 bits per heavy atom. The zero-order valence-electron chi connectivity index (χ0n) is 11.7. The van der Waals surface area contributed by atoms with Crippen molar-refractivity contribution in [2.45, 2.75) is 19.4 Å². The first-order chi connectivity index (χ1) is 10.1. The highest BCUT2D eigenvalue weighted by atomic mass is 16.5. The lowest BCUT2D eigenvalue weighted by Crippen LogP contribution is -2.27. The van der Waals surface area contributed by atoms with Crippen LogP contribution < -0.4 is 5.32 Å². The summed E-state index contributed by atoms with van der Waals surface area (Å²) in [4.78, 5) is 19.9. The van der Waals surface area contributed by atoms with Crippen LogP contribution in [0.5, 0.6) is 5.75 Å². The first kappa shape index (κ1) is 14.9. The molecule has 0 aliphatic heterocycles. The van der Waals surface area contributed by atoms with E-state index in [9.17, 15) is 9.90 Å². The van der Waals surface area contributed by atoms with Gasteiger partial charge in [0.2, 0.25) is 5.89 Å². The van der Waals surface area contributed by atoms with Gasteiger partial charge in [0, 0.05) is 19.7 Å². The predicted molar refractivity (Wildman–Crippen MR) is 71.7 cm³/mol. The number of rotatable bonds is 6.